The molecule has 1 aromatic carbocycles. The number of rotatable bonds is 10. The predicted octanol–water partition coefficient (Wildman–Crippen LogP) is 3.71. The Kier molecular flexibility index (Phi) is 9.58. The van der Waals surface area contributed by atoms with E-state index in [1.807, 2.05) is 44.2 Å². The van der Waals surface area contributed by atoms with E-state index in [1.165, 1.54) is 0 Å². The predicted molar refractivity (Wildman–Crippen MR) is 93.7 cm³/mol. The number of amides is 1. The standard InChI is InChI=1S/C19H29NO4/c1-4-5-9-12-23-18(21)17(13-16-10-7-6-8-11-16)20-19(22)24-14-15(2)3/h6-8,10-11,15,17H,4-5,9,12-14H2,1-3H3,(H,20,22). The monoisotopic (exact) mass is 335 g/mol. The molecular formula is C19H29NO4. The first-order chi connectivity index (χ1) is 11.5. The summed E-state index contributed by atoms with van der Waals surface area (Å²) in [7, 11) is 0. The molecule has 5 nitrogen and oxygen atoms in total. The highest BCUT2D eigenvalue weighted by Crippen LogP contribution is 2.06. The molecule has 5 heteroatoms. The SMILES string of the molecule is CCCCCOC(=O)C(Cc1ccccc1)NC(=O)OCC(C)C. The van der Waals surface area contributed by atoms with Gasteiger partial charge in [0.1, 0.15) is 6.04 Å². The third kappa shape index (κ3) is 8.56. The summed E-state index contributed by atoms with van der Waals surface area (Å²) < 4.78 is 10.4. The van der Waals surface area contributed by atoms with Crippen molar-refractivity contribution < 1.29 is 19.1 Å². The summed E-state index contributed by atoms with van der Waals surface area (Å²) in [6.45, 7) is 6.69. The Bertz CT molecular complexity index is 487. The minimum atomic E-state index is -0.742. The smallest absolute Gasteiger partial charge is 0.407 e. The van der Waals surface area contributed by atoms with E-state index in [-0.39, 0.29) is 5.92 Å². The van der Waals surface area contributed by atoms with E-state index in [0.717, 1.165) is 24.8 Å². The molecular weight excluding hydrogens is 306 g/mol. The molecule has 24 heavy (non-hydrogen) atoms. The molecule has 1 N–H and O–H groups in total. The van der Waals surface area contributed by atoms with Crippen LogP contribution in [0.4, 0.5) is 4.79 Å². The highest BCUT2D eigenvalue weighted by atomic mass is 16.6. The van der Waals surface area contributed by atoms with Crippen molar-refractivity contribution in [1.82, 2.24) is 5.32 Å². The molecule has 0 fully saturated rings. The Balaban J connectivity index is 2.60. The Hall–Kier alpha value is -2.04. The van der Waals surface area contributed by atoms with Crippen LogP contribution in [0.3, 0.4) is 0 Å². The third-order valence-electron chi connectivity index (χ3n) is 3.40. The minimum Gasteiger partial charge on any atom is -0.464 e. The fourth-order valence-electron chi connectivity index (χ4n) is 2.09. The number of ether oxygens (including phenoxy) is 2. The summed E-state index contributed by atoms with van der Waals surface area (Å²) in [6.07, 6.45) is 2.70. The highest BCUT2D eigenvalue weighted by Gasteiger charge is 2.23. The summed E-state index contributed by atoms with van der Waals surface area (Å²) in [6, 6.07) is 8.79. The Morgan fingerprint density at radius 3 is 2.42 bits per heavy atom. The Morgan fingerprint density at radius 2 is 1.79 bits per heavy atom. The van der Waals surface area contributed by atoms with Crippen LogP contribution in [0.2, 0.25) is 0 Å². The Labute approximate surface area is 144 Å². The van der Waals surface area contributed by atoms with Crippen molar-refractivity contribution in [3.63, 3.8) is 0 Å². The lowest BCUT2D eigenvalue weighted by atomic mass is 10.1. The molecule has 0 aliphatic heterocycles. The van der Waals surface area contributed by atoms with Gasteiger partial charge in [0.25, 0.3) is 0 Å². The molecule has 0 bridgehead atoms. The van der Waals surface area contributed by atoms with Crippen molar-refractivity contribution in [3.05, 3.63) is 35.9 Å². The first kappa shape index (κ1) is 20.0. The van der Waals surface area contributed by atoms with Gasteiger partial charge in [0.15, 0.2) is 0 Å². The summed E-state index contributed by atoms with van der Waals surface area (Å²) in [5, 5.41) is 2.63. The van der Waals surface area contributed by atoms with Gasteiger partial charge in [-0.25, -0.2) is 9.59 Å². The summed E-state index contributed by atoms with van der Waals surface area (Å²) in [5.41, 5.74) is 0.956. The summed E-state index contributed by atoms with van der Waals surface area (Å²) in [5.74, 6) is -0.180. The average Bonchev–Trinajstić information content (AvgIpc) is 2.57. The molecule has 0 saturated heterocycles. The summed E-state index contributed by atoms with van der Waals surface area (Å²) in [4.78, 5) is 24.2. The first-order valence-electron chi connectivity index (χ1n) is 8.66. The molecule has 1 unspecified atom stereocenters. The molecule has 1 atom stereocenters. The van der Waals surface area contributed by atoms with Gasteiger partial charge >= 0.3 is 12.1 Å². The number of hydrogen-bond acceptors (Lipinski definition) is 4. The van der Waals surface area contributed by atoms with Gasteiger partial charge in [-0.1, -0.05) is 63.9 Å². The van der Waals surface area contributed by atoms with E-state index < -0.39 is 18.1 Å². The molecule has 0 heterocycles. The number of esters is 1. The quantitative estimate of drug-likeness (QED) is 0.523. The molecule has 0 aliphatic rings. The van der Waals surface area contributed by atoms with Crippen molar-refractivity contribution in [2.24, 2.45) is 5.92 Å². The molecule has 0 radical (unpaired) electrons. The second kappa shape index (κ2) is 11.5. The zero-order valence-electron chi connectivity index (χ0n) is 14.9. The topological polar surface area (TPSA) is 64.6 Å². The third-order valence-corrected chi connectivity index (χ3v) is 3.40. The van der Waals surface area contributed by atoms with Gasteiger partial charge in [-0.3, -0.25) is 0 Å². The number of unbranched alkanes of at least 4 members (excludes halogenated alkanes) is 2. The zero-order chi connectivity index (χ0) is 17.8. The molecule has 1 rings (SSSR count). The van der Waals surface area contributed by atoms with Gasteiger partial charge in [0, 0.05) is 6.42 Å². The number of carbonyl (C=O) groups excluding carboxylic acids is 2. The number of hydrogen-bond donors (Lipinski definition) is 1. The number of alkyl carbamates (subject to hydrolysis) is 1. The van der Waals surface area contributed by atoms with E-state index >= 15 is 0 Å². The average molecular weight is 335 g/mol. The van der Waals surface area contributed by atoms with Crippen LogP contribution in [0.5, 0.6) is 0 Å². The molecule has 0 aliphatic carbocycles. The van der Waals surface area contributed by atoms with E-state index in [1.54, 1.807) is 0 Å². The van der Waals surface area contributed by atoms with Crippen molar-refractivity contribution in [1.29, 1.82) is 0 Å². The largest absolute Gasteiger partial charge is 0.464 e. The van der Waals surface area contributed by atoms with Crippen LogP contribution in [-0.2, 0) is 20.7 Å². The van der Waals surface area contributed by atoms with Gasteiger partial charge in [0.2, 0.25) is 0 Å². The first-order valence-corrected chi connectivity index (χ1v) is 8.66. The van der Waals surface area contributed by atoms with Crippen LogP contribution < -0.4 is 5.32 Å². The van der Waals surface area contributed by atoms with Crippen LogP contribution in [0.25, 0.3) is 0 Å². The lowest BCUT2D eigenvalue weighted by molar-refractivity contribution is -0.146. The van der Waals surface area contributed by atoms with Crippen molar-refractivity contribution in [2.45, 2.75) is 52.5 Å². The van der Waals surface area contributed by atoms with Crippen molar-refractivity contribution in [3.8, 4) is 0 Å². The van der Waals surface area contributed by atoms with Crippen molar-refractivity contribution >= 4 is 12.1 Å². The van der Waals surface area contributed by atoms with Crippen LogP contribution in [0.1, 0.15) is 45.6 Å². The van der Waals surface area contributed by atoms with E-state index in [9.17, 15) is 9.59 Å². The van der Waals surface area contributed by atoms with Crippen LogP contribution in [-0.4, -0.2) is 31.3 Å². The molecule has 0 spiro atoms. The lowest BCUT2D eigenvalue weighted by Crippen LogP contribution is -2.44. The maximum absolute atomic E-state index is 12.3. The van der Waals surface area contributed by atoms with Crippen LogP contribution in [0.15, 0.2) is 30.3 Å². The normalized spacial score (nSPS) is 11.8. The maximum Gasteiger partial charge on any atom is 0.407 e. The van der Waals surface area contributed by atoms with E-state index in [0.29, 0.717) is 19.6 Å². The number of carbonyl (C=O) groups is 2. The maximum atomic E-state index is 12.3. The van der Waals surface area contributed by atoms with Crippen LogP contribution in [0, 0.1) is 5.92 Å². The molecule has 134 valence electrons. The lowest BCUT2D eigenvalue weighted by Gasteiger charge is -2.18. The second-order valence-corrected chi connectivity index (χ2v) is 6.25. The van der Waals surface area contributed by atoms with E-state index in [4.69, 9.17) is 9.47 Å². The fourth-order valence-corrected chi connectivity index (χ4v) is 2.09. The fraction of sp³-hybridized carbons (Fsp3) is 0.579. The molecule has 0 saturated carbocycles. The molecule has 1 aromatic rings. The summed E-state index contributed by atoms with van der Waals surface area (Å²) >= 11 is 0. The zero-order valence-corrected chi connectivity index (χ0v) is 14.9. The number of nitrogens with one attached hydrogen (secondary N) is 1. The number of benzene rings is 1. The minimum absolute atomic E-state index is 0.240. The van der Waals surface area contributed by atoms with E-state index in [2.05, 4.69) is 12.2 Å². The van der Waals surface area contributed by atoms with Crippen LogP contribution >= 0.6 is 0 Å². The second-order valence-electron chi connectivity index (χ2n) is 6.25. The highest BCUT2D eigenvalue weighted by molar-refractivity contribution is 5.81. The van der Waals surface area contributed by atoms with Gasteiger partial charge in [0.05, 0.1) is 13.2 Å². The molecule has 1 amide bonds. The van der Waals surface area contributed by atoms with Gasteiger partial charge < -0.3 is 14.8 Å². The van der Waals surface area contributed by atoms with Gasteiger partial charge in [-0.15, -0.1) is 0 Å². The molecule has 0 aromatic heterocycles. The van der Waals surface area contributed by atoms with Gasteiger partial charge in [-0.2, -0.15) is 0 Å². The van der Waals surface area contributed by atoms with Gasteiger partial charge in [-0.05, 0) is 17.9 Å². The Morgan fingerprint density at radius 1 is 1.08 bits per heavy atom. The van der Waals surface area contributed by atoms with Crippen molar-refractivity contribution in [2.75, 3.05) is 13.2 Å².